The topological polar surface area (TPSA) is 152 Å². The minimum Gasteiger partial charge on any atom is -0.478 e. The predicted octanol–water partition coefficient (Wildman–Crippen LogP) is 1.88. The van der Waals surface area contributed by atoms with Crippen LogP contribution in [0.25, 0.3) is 0 Å². The molecule has 0 saturated carbocycles. The average molecular weight is 444 g/mol. The first-order valence-corrected chi connectivity index (χ1v) is 9.59. The van der Waals surface area contributed by atoms with E-state index in [4.69, 9.17) is 29.2 Å². The molecular weight excluding hydrogens is 424 g/mol. The van der Waals surface area contributed by atoms with Gasteiger partial charge < -0.3 is 29.2 Å². The first kappa shape index (κ1) is 22.9. The quantitative estimate of drug-likeness (QED) is 0.456. The molecule has 10 heteroatoms. The van der Waals surface area contributed by atoms with Crippen molar-refractivity contribution in [2.24, 2.45) is 0 Å². The van der Waals surface area contributed by atoms with E-state index in [1.54, 1.807) is 24.3 Å². The highest BCUT2D eigenvalue weighted by atomic mass is 16.6. The van der Waals surface area contributed by atoms with Crippen molar-refractivity contribution in [3.05, 3.63) is 70.8 Å². The maximum absolute atomic E-state index is 11.9. The zero-order valence-electron chi connectivity index (χ0n) is 16.8. The molecule has 2 heterocycles. The van der Waals surface area contributed by atoms with Crippen LogP contribution < -0.4 is 0 Å². The van der Waals surface area contributed by atoms with Gasteiger partial charge in [-0.25, -0.2) is 19.2 Å². The number of carboxylic acid groups (broad SMARTS) is 2. The predicted molar refractivity (Wildman–Crippen MR) is 107 cm³/mol. The molecule has 0 aromatic heterocycles. The first-order valence-electron chi connectivity index (χ1n) is 9.59. The summed E-state index contributed by atoms with van der Waals surface area (Å²) in [7, 11) is 0. The number of esters is 2. The molecule has 4 rings (SSSR count). The van der Waals surface area contributed by atoms with E-state index in [9.17, 15) is 19.2 Å². The second kappa shape index (κ2) is 10.5. The summed E-state index contributed by atoms with van der Waals surface area (Å²) in [5.41, 5.74) is 0.0275. The molecule has 0 aliphatic carbocycles. The summed E-state index contributed by atoms with van der Waals surface area (Å²) < 4.78 is 20.1. The fraction of sp³-hybridized carbons (Fsp3) is 0.273. The summed E-state index contributed by atoms with van der Waals surface area (Å²) in [5, 5.41) is 17.1. The summed E-state index contributed by atoms with van der Waals surface area (Å²) >= 11 is 0. The molecule has 0 radical (unpaired) electrons. The van der Waals surface area contributed by atoms with Crippen LogP contribution in [0.3, 0.4) is 0 Å². The zero-order chi connectivity index (χ0) is 23.1. The second-order valence-electron chi connectivity index (χ2n) is 6.81. The second-order valence-corrected chi connectivity index (χ2v) is 6.81. The van der Waals surface area contributed by atoms with Crippen LogP contribution >= 0.6 is 0 Å². The van der Waals surface area contributed by atoms with Gasteiger partial charge in [-0.15, -0.1) is 0 Å². The SMILES string of the molecule is O=C(O)c1ccccc1C(=O)O.O=C(OCC1CO1)c1ccccc1C(=O)OCC1CO1. The van der Waals surface area contributed by atoms with Gasteiger partial charge in [0.15, 0.2) is 0 Å². The molecule has 2 aliphatic heterocycles. The number of rotatable bonds is 8. The van der Waals surface area contributed by atoms with Crippen LogP contribution in [-0.2, 0) is 18.9 Å². The van der Waals surface area contributed by atoms with Crippen molar-refractivity contribution in [1.29, 1.82) is 0 Å². The molecule has 32 heavy (non-hydrogen) atoms. The number of aromatic carboxylic acids is 2. The summed E-state index contributed by atoms with van der Waals surface area (Å²) in [6, 6.07) is 11.9. The van der Waals surface area contributed by atoms with Gasteiger partial charge in [-0.3, -0.25) is 0 Å². The van der Waals surface area contributed by atoms with E-state index < -0.39 is 23.9 Å². The molecule has 2 atom stereocenters. The third kappa shape index (κ3) is 6.62. The number of carbonyl (C=O) groups is 4. The zero-order valence-corrected chi connectivity index (χ0v) is 16.8. The molecule has 2 aromatic carbocycles. The highest BCUT2D eigenvalue weighted by molar-refractivity contribution is 6.03. The fourth-order valence-corrected chi connectivity index (χ4v) is 2.52. The standard InChI is InChI=1S/C14H14O6.C8H6O4/c15-13(19-7-9-5-17-9)11-3-1-2-4-12(11)14(16)20-8-10-6-18-10;9-7(10)5-3-1-2-4-6(5)8(11)12/h1-4,9-10H,5-8H2;1-4H,(H,9,10)(H,11,12). The minimum absolute atomic E-state index is 0.00919. The van der Waals surface area contributed by atoms with Gasteiger partial charge in [0.2, 0.25) is 0 Å². The summed E-state index contributed by atoms with van der Waals surface area (Å²) in [6.07, 6.45) is -0.0184. The lowest BCUT2D eigenvalue weighted by Crippen LogP contribution is -2.17. The van der Waals surface area contributed by atoms with Crippen molar-refractivity contribution in [2.45, 2.75) is 12.2 Å². The molecule has 168 valence electrons. The molecule has 2 fully saturated rings. The van der Waals surface area contributed by atoms with Crippen LogP contribution in [0.1, 0.15) is 41.4 Å². The Hall–Kier alpha value is -3.76. The van der Waals surface area contributed by atoms with Crippen molar-refractivity contribution in [1.82, 2.24) is 0 Å². The molecule has 0 bridgehead atoms. The summed E-state index contributed by atoms with van der Waals surface area (Å²) in [6.45, 7) is 1.63. The lowest BCUT2D eigenvalue weighted by Gasteiger charge is -2.08. The number of carbonyl (C=O) groups excluding carboxylic acids is 2. The lowest BCUT2D eigenvalue weighted by atomic mass is 10.1. The van der Waals surface area contributed by atoms with Gasteiger partial charge in [-0.1, -0.05) is 24.3 Å². The molecule has 2 aromatic rings. The maximum Gasteiger partial charge on any atom is 0.339 e. The molecule has 10 nitrogen and oxygen atoms in total. The highest BCUT2D eigenvalue weighted by Gasteiger charge is 2.28. The monoisotopic (exact) mass is 444 g/mol. The van der Waals surface area contributed by atoms with Crippen LogP contribution in [0.5, 0.6) is 0 Å². The Morgan fingerprint density at radius 2 is 1.00 bits per heavy atom. The van der Waals surface area contributed by atoms with Crippen LogP contribution in [0.2, 0.25) is 0 Å². The average Bonchev–Trinajstić information content (AvgIpc) is 3.71. The van der Waals surface area contributed by atoms with Gasteiger partial charge in [0, 0.05) is 0 Å². The van der Waals surface area contributed by atoms with Gasteiger partial charge in [0.25, 0.3) is 0 Å². The van der Waals surface area contributed by atoms with E-state index in [1.165, 1.54) is 24.3 Å². The fourth-order valence-electron chi connectivity index (χ4n) is 2.52. The van der Waals surface area contributed by atoms with Crippen LogP contribution in [0, 0.1) is 0 Å². The van der Waals surface area contributed by atoms with E-state index in [-0.39, 0.29) is 47.7 Å². The summed E-state index contributed by atoms with van der Waals surface area (Å²) in [5.74, 6) is -3.55. The van der Waals surface area contributed by atoms with Crippen LogP contribution in [0.15, 0.2) is 48.5 Å². The smallest absolute Gasteiger partial charge is 0.339 e. The normalized spacial score (nSPS) is 17.9. The molecule has 2 saturated heterocycles. The maximum atomic E-state index is 11.9. The van der Waals surface area contributed by atoms with E-state index >= 15 is 0 Å². The Balaban J connectivity index is 0.000000207. The van der Waals surface area contributed by atoms with E-state index in [1.807, 2.05) is 0 Å². The number of benzene rings is 2. The molecule has 2 aliphatic rings. The van der Waals surface area contributed by atoms with Crippen LogP contribution in [0.4, 0.5) is 0 Å². The number of ether oxygens (including phenoxy) is 4. The minimum atomic E-state index is -1.23. The van der Waals surface area contributed by atoms with Crippen molar-refractivity contribution < 1.29 is 48.3 Å². The van der Waals surface area contributed by atoms with E-state index in [0.717, 1.165) is 0 Å². The third-order valence-corrected chi connectivity index (χ3v) is 4.36. The van der Waals surface area contributed by atoms with E-state index in [0.29, 0.717) is 13.2 Å². The Kier molecular flexibility index (Phi) is 7.53. The summed E-state index contributed by atoms with van der Waals surface area (Å²) in [4.78, 5) is 44.8. The Bertz CT molecular complexity index is 927. The van der Waals surface area contributed by atoms with Gasteiger partial charge >= 0.3 is 23.9 Å². The molecule has 0 spiro atoms. The molecular formula is C22H20O10. The van der Waals surface area contributed by atoms with Crippen molar-refractivity contribution >= 4 is 23.9 Å². The van der Waals surface area contributed by atoms with Crippen molar-refractivity contribution in [2.75, 3.05) is 26.4 Å². The van der Waals surface area contributed by atoms with E-state index in [2.05, 4.69) is 0 Å². The van der Waals surface area contributed by atoms with Gasteiger partial charge in [-0.05, 0) is 24.3 Å². The van der Waals surface area contributed by atoms with Crippen molar-refractivity contribution in [3.63, 3.8) is 0 Å². The lowest BCUT2D eigenvalue weighted by molar-refractivity contribution is 0.0430. The molecule has 2 unspecified atom stereocenters. The van der Waals surface area contributed by atoms with Gasteiger partial charge in [-0.2, -0.15) is 0 Å². The van der Waals surface area contributed by atoms with Crippen molar-refractivity contribution in [3.8, 4) is 0 Å². The highest BCUT2D eigenvalue weighted by Crippen LogP contribution is 2.16. The van der Waals surface area contributed by atoms with Gasteiger partial charge in [0.05, 0.1) is 35.5 Å². The largest absolute Gasteiger partial charge is 0.478 e. The van der Waals surface area contributed by atoms with Gasteiger partial charge in [0.1, 0.15) is 25.4 Å². The number of hydrogen-bond acceptors (Lipinski definition) is 8. The molecule has 2 N–H and O–H groups in total. The number of hydrogen-bond donors (Lipinski definition) is 2. The van der Waals surface area contributed by atoms with Crippen LogP contribution in [-0.4, -0.2) is 72.7 Å². The number of carboxylic acids is 2. The first-order chi connectivity index (χ1) is 15.4. The molecule has 0 amide bonds. The third-order valence-electron chi connectivity index (χ3n) is 4.36. The Morgan fingerprint density at radius 3 is 1.28 bits per heavy atom. The number of epoxide rings is 2. The Labute approximate surface area is 182 Å². The Morgan fingerprint density at radius 1 is 0.688 bits per heavy atom.